The zero-order valence-corrected chi connectivity index (χ0v) is 15.5. The Morgan fingerprint density at radius 1 is 1.12 bits per heavy atom. The van der Waals surface area contributed by atoms with E-state index in [0.29, 0.717) is 0 Å². The third-order valence-electron chi connectivity index (χ3n) is 4.32. The molecule has 3 aromatic heterocycles. The molecular formula is C18H18N4OS2. The molecule has 0 bridgehead atoms. The number of rotatable bonds is 3. The van der Waals surface area contributed by atoms with E-state index in [1.807, 2.05) is 41.5 Å². The average Bonchev–Trinajstić information content (AvgIpc) is 3.32. The van der Waals surface area contributed by atoms with Gasteiger partial charge in [-0.3, -0.25) is 9.78 Å². The lowest BCUT2D eigenvalue weighted by atomic mass is 10.2. The van der Waals surface area contributed by atoms with Crippen molar-refractivity contribution >= 4 is 34.3 Å². The van der Waals surface area contributed by atoms with Crippen LogP contribution in [0.3, 0.4) is 0 Å². The SMILES string of the molecule is Cc1nc(-c2cccs2)sc1C(=O)N1CCN(c2ccncc2)CC1. The maximum atomic E-state index is 12.9. The Bertz CT molecular complexity index is 853. The van der Waals surface area contributed by atoms with Crippen LogP contribution in [0, 0.1) is 6.92 Å². The Kier molecular flexibility index (Phi) is 4.50. The number of anilines is 1. The first-order valence-electron chi connectivity index (χ1n) is 8.18. The minimum Gasteiger partial charge on any atom is -0.368 e. The molecule has 1 amide bonds. The van der Waals surface area contributed by atoms with Gasteiger partial charge in [-0.15, -0.1) is 22.7 Å². The van der Waals surface area contributed by atoms with Gasteiger partial charge in [-0.2, -0.15) is 0 Å². The number of nitrogens with zero attached hydrogens (tertiary/aromatic N) is 4. The molecule has 0 radical (unpaired) electrons. The molecule has 1 aliphatic rings. The Morgan fingerprint density at radius 3 is 2.56 bits per heavy atom. The molecule has 0 unspecified atom stereocenters. The molecule has 4 rings (SSSR count). The van der Waals surface area contributed by atoms with Crippen LogP contribution >= 0.6 is 22.7 Å². The zero-order valence-electron chi connectivity index (χ0n) is 13.9. The lowest BCUT2D eigenvalue weighted by Crippen LogP contribution is -2.48. The second kappa shape index (κ2) is 6.93. The van der Waals surface area contributed by atoms with Gasteiger partial charge in [0.05, 0.1) is 10.6 Å². The number of thiazole rings is 1. The molecule has 0 spiro atoms. The van der Waals surface area contributed by atoms with Crippen molar-refractivity contribution in [1.29, 1.82) is 0 Å². The van der Waals surface area contributed by atoms with Gasteiger partial charge in [0, 0.05) is 44.3 Å². The number of aromatic nitrogens is 2. The maximum Gasteiger partial charge on any atom is 0.265 e. The summed E-state index contributed by atoms with van der Waals surface area (Å²) in [7, 11) is 0. The van der Waals surface area contributed by atoms with Crippen molar-refractivity contribution < 1.29 is 4.79 Å². The summed E-state index contributed by atoms with van der Waals surface area (Å²) >= 11 is 3.16. The Balaban J connectivity index is 1.46. The first-order valence-corrected chi connectivity index (χ1v) is 9.87. The molecule has 1 saturated heterocycles. The van der Waals surface area contributed by atoms with E-state index in [4.69, 9.17) is 0 Å². The second-order valence-electron chi connectivity index (χ2n) is 5.90. The lowest BCUT2D eigenvalue weighted by Gasteiger charge is -2.35. The van der Waals surface area contributed by atoms with Gasteiger partial charge in [-0.05, 0) is 30.5 Å². The van der Waals surface area contributed by atoms with E-state index in [1.54, 1.807) is 23.7 Å². The smallest absolute Gasteiger partial charge is 0.265 e. The van der Waals surface area contributed by atoms with Crippen molar-refractivity contribution in [2.24, 2.45) is 0 Å². The number of pyridine rings is 1. The highest BCUT2D eigenvalue weighted by Gasteiger charge is 2.25. The van der Waals surface area contributed by atoms with Gasteiger partial charge >= 0.3 is 0 Å². The number of hydrogen-bond donors (Lipinski definition) is 0. The van der Waals surface area contributed by atoms with E-state index < -0.39 is 0 Å². The van der Waals surface area contributed by atoms with E-state index in [-0.39, 0.29) is 5.91 Å². The molecule has 0 N–H and O–H groups in total. The summed E-state index contributed by atoms with van der Waals surface area (Å²) in [6, 6.07) is 8.08. The number of amides is 1. The number of aryl methyl sites for hydroxylation is 1. The first-order chi connectivity index (χ1) is 12.2. The standard InChI is InChI=1S/C18H18N4OS2/c1-13-16(25-17(20-13)15-3-2-12-24-15)18(23)22-10-8-21(9-11-22)14-4-6-19-7-5-14/h2-7,12H,8-11H2,1H3. The van der Waals surface area contributed by atoms with Crippen LogP contribution in [0.4, 0.5) is 5.69 Å². The Labute approximate surface area is 154 Å². The summed E-state index contributed by atoms with van der Waals surface area (Å²) in [6.07, 6.45) is 3.61. The van der Waals surface area contributed by atoms with Gasteiger partial charge in [0.2, 0.25) is 0 Å². The molecule has 128 valence electrons. The van der Waals surface area contributed by atoms with Gasteiger partial charge in [-0.25, -0.2) is 4.98 Å². The number of carbonyl (C=O) groups is 1. The van der Waals surface area contributed by atoms with Gasteiger partial charge in [-0.1, -0.05) is 6.07 Å². The first kappa shape index (κ1) is 16.2. The molecule has 1 aliphatic heterocycles. The second-order valence-corrected chi connectivity index (χ2v) is 7.84. The minimum atomic E-state index is 0.104. The molecule has 25 heavy (non-hydrogen) atoms. The third kappa shape index (κ3) is 3.29. The molecule has 1 fully saturated rings. The van der Waals surface area contributed by atoms with Crippen LogP contribution in [-0.4, -0.2) is 47.0 Å². The molecule has 7 heteroatoms. The maximum absolute atomic E-state index is 12.9. The molecule has 4 heterocycles. The molecule has 5 nitrogen and oxygen atoms in total. The predicted octanol–water partition coefficient (Wildman–Crippen LogP) is 3.54. The summed E-state index contributed by atoms with van der Waals surface area (Å²) in [5, 5.41) is 2.97. The van der Waals surface area contributed by atoms with E-state index >= 15 is 0 Å². The van der Waals surface area contributed by atoms with Gasteiger partial charge in [0.25, 0.3) is 5.91 Å². The largest absolute Gasteiger partial charge is 0.368 e. The summed E-state index contributed by atoms with van der Waals surface area (Å²) in [5.41, 5.74) is 1.99. The van der Waals surface area contributed by atoms with Crippen LogP contribution < -0.4 is 4.90 Å². The monoisotopic (exact) mass is 370 g/mol. The molecule has 0 atom stereocenters. The van der Waals surface area contributed by atoms with Crippen LogP contribution in [0.2, 0.25) is 0 Å². The van der Waals surface area contributed by atoms with Crippen molar-refractivity contribution in [3.05, 3.63) is 52.6 Å². The third-order valence-corrected chi connectivity index (χ3v) is 6.50. The normalized spacial score (nSPS) is 14.8. The summed E-state index contributed by atoms with van der Waals surface area (Å²) < 4.78 is 0. The van der Waals surface area contributed by atoms with Crippen molar-refractivity contribution in [2.45, 2.75) is 6.92 Å². The van der Waals surface area contributed by atoms with Gasteiger partial charge in [0.15, 0.2) is 0 Å². The Morgan fingerprint density at radius 2 is 1.88 bits per heavy atom. The molecule has 0 aliphatic carbocycles. The van der Waals surface area contributed by atoms with Crippen LogP contribution in [0.15, 0.2) is 42.0 Å². The van der Waals surface area contributed by atoms with Crippen LogP contribution in [-0.2, 0) is 0 Å². The molecule has 0 aromatic carbocycles. The topological polar surface area (TPSA) is 49.3 Å². The zero-order chi connectivity index (χ0) is 17.2. The van der Waals surface area contributed by atoms with Gasteiger partial charge in [0.1, 0.15) is 9.88 Å². The highest BCUT2D eigenvalue weighted by Crippen LogP contribution is 2.32. The molecular weight excluding hydrogens is 352 g/mol. The fraction of sp³-hybridized carbons (Fsp3) is 0.278. The highest BCUT2D eigenvalue weighted by molar-refractivity contribution is 7.22. The quantitative estimate of drug-likeness (QED) is 0.708. The number of piperazine rings is 1. The van der Waals surface area contributed by atoms with Gasteiger partial charge < -0.3 is 9.80 Å². The van der Waals surface area contributed by atoms with E-state index in [2.05, 4.69) is 14.9 Å². The highest BCUT2D eigenvalue weighted by atomic mass is 32.1. The predicted molar refractivity (Wildman–Crippen MR) is 103 cm³/mol. The summed E-state index contributed by atoms with van der Waals surface area (Å²) in [6.45, 7) is 5.06. The average molecular weight is 371 g/mol. The number of thiophene rings is 1. The van der Waals surface area contributed by atoms with Crippen molar-refractivity contribution in [1.82, 2.24) is 14.9 Å². The Hall–Kier alpha value is -2.25. The van der Waals surface area contributed by atoms with Crippen molar-refractivity contribution in [2.75, 3.05) is 31.1 Å². The fourth-order valence-electron chi connectivity index (χ4n) is 2.97. The van der Waals surface area contributed by atoms with Crippen molar-refractivity contribution in [3.8, 4) is 9.88 Å². The minimum absolute atomic E-state index is 0.104. The summed E-state index contributed by atoms with van der Waals surface area (Å²) in [4.78, 5) is 27.7. The van der Waals surface area contributed by atoms with E-state index in [1.165, 1.54) is 11.3 Å². The van der Waals surface area contributed by atoms with Crippen LogP contribution in [0.25, 0.3) is 9.88 Å². The summed E-state index contributed by atoms with van der Waals surface area (Å²) in [5.74, 6) is 0.104. The number of hydrogen-bond acceptors (Lipinski definition) is 6. The van der Waals surface area contributed by atoms with E-state index in [0.717, 1.165) is 52.3 Å². The lowest BCUT2D eigenvalue weighted by molar-refractivity contribution is 0.0750. The molecule has 3 aromatic rings. The van der Waals surface area contributed by atoms with Crippen molar-refractivity contribution in [3.63, 3.8) is 0 Å². The van der Waals surface area contributed by atoms with Crippen LogP contribution in [0.5, 0.6) is 0 Å². The van der Waals surface area contributed by atoms with E-state index in [9.17, 15) is 4.79 Å². The van der Waals surface area contributed by atoms with Crippen LogP contribution in [0.1, 0.15) is 15.4 Å². The molecule has 0 saturated carbocycles. The fourth-order valence-corrected chi connectivity index (χ4v) is 4.80. The number of carbonyl (C=O) groups excluding carboxylic acids is 1.